The van der Waals surface area contributed by atoms with Gasteiger partial charge in [0.25, 0.3) is 0 Å². The molecule has 1 atom stereocenters. The molecule has 0 heterocycles. The van der Waals surface area contributed by atoms with E-state index in [0.717, 1.165) is 16.6 Å². The van der Waals surface area contributed by atoms with E-state index in [0.29, 0.717) is 6.04 Å². The van der Waals surface area contributed by atoms with Gasteiger partial charge in [0.2, 0.25) is 0 Å². The standard InChI is InChI=1S/C14H22ClN/c1-10(2)5-7-12(4)16-14-8-6-11(3)9-13(14)15/h6,8-10,12,16H,5,7H2,1-4H3. The predicted molar refractivity (Wildman–Crippen MR) is 73.3 cm³/mol. The van der Waals surface area contributed by atoms with Crippen molar-refractivity contribution in [2.24, 2.45) is 5.92 Å². The molecule has 1 unspecified atom stereocenters. The summed E-state index contributed by atoms with van der Waals surface area (Å²) in [7, 11) is 0. The second kappa shape index (κ2) is 6.15. The van der Waals surface area contributed by atoms with Gasteiger partial charge < -0.3 is 5.32 Å². The van der Waals surface area contributed by atoms with Crippen LogP contribution in [-0.2, 0) is 0 Å². The van der Waals surface area contributed by atoms with Gasteiger partial charge in [0.1, 0.15) is 0 Å². The highest BCUT2D eigenvalue weighted by molar-refractivity contribution is 6.33. The zero-order valence-corrected chi connectivity index (χ0v) is 11.4. The molecule has 90 valence electrons. The van der Waals surface area contributed by atoms with Gasteiger partial charge in [-0.2, -0.15) is 0 Å². The number of hydrogen-bond acceptors (Lipinski definition) is 1. The highest BCUT2D eigenvalue weighted by Gasteiger charge is 2.06. The molecule has 1 rings (SSSR count). The van der Waals surface area contributed by atoms with Gasteiger partial charge in [0, 0.05) is 6.04 Å². The molecule has 16 heavy (non-hydrogen) atoms. The summed E-state index contributed by atoms with van der Waals surface area (Å²) in [5.41, 5.74) is 2.24. The van der Waals surface area contributed by atoms with Crippen molar-refractivity contribution in [1.82, 2.24) is 0 Å². The maximum Gasteiger partial charge on any atom is 0.0640 e. The van der Waals surface area contributed by atoms with E-state index < -0.39 is 0 Å². The minimum Gasteiger partial charge on any atom is -0.381 e. The molecule has 0 aliphatic rings. The van der Waals surface area contributed by atoms with Gasteiger partial charge in [-0.3, -0.25) is 0 Å². The van der Waals surface area contributed by atoms with Gasteiger partial charge >= 0.3 is 0 Å². The number of aryl methyl sites for hydroxylation is 1. The first-order valence-electron chi connectivity index (χ1n) is 6.01. The van der Waals surface area contributed by atoms with Crippen LogP contribution in [0.25, 0.3) is 0 Å². The lowest BCUT2D eigenvalue weighted by Gasteiger charge is -2.17. The SMILES string of the molecule is Cc1ccc(NC(C)CCC(C)C)c(Cl)c1. The second-order valence-corrected chi connectivity index (χ2v) is 5.41. The molecule has 0 saturated heterocycles. The topological polar surface area (TPSA) is 12.0 Å². The molecule has 1 nitrogen and oxygen atoms in total. The average Bonchev–Trinajstić information content (AvgIpc) is 2.19. The molecule has 0 radical (unpaired) electrons. The lowest BCUT2D eigenvalue weighted by atomic mass is 10.0. The van der Waals surface area contributed by atoms with Gasteiger partial charge in [0.15, 0.2) is 0 Å². The fourth-order valence-corrected chi connectivity index (χ4v) is 1.95. The Labute approximate surface area is 104 Å². The summed E-state index contributed by atoms with van der Waals surface area (Å²) in [5, 5.41) is 4.28. The molecular weight excluding hydrogens is 218 g/mol. The third-order valence-electron chi connectivity index (χ3n) is 2.70. The second-order valence-electron chi connectivity index (χ2n) is 5.00. The number of hydrogen-bond donors (Lipinski definition) is 1. The lowest BCUT2D eigenvalue weighted by molar-refractivity contribution is 0.528. The van der Waals surface area contributed by atoms with Gasteiger partial charge in [-0.1, -0.05) is 31.5 Å². The highest BCUT2D eigenvalue weighted by Crippen LogP contribution is 2.24. The summed E-state index contributed by atoms with van der Waals surface area (Å²) < 4.78 is 0. The zero-order chi connectivity index (χ0) is 12.1. The van der Waals surface area contributed by atoms with Crippen LogP contribution in [-0.4, -0.2) is 6.04 Å². The van der Waals surface area contributed by atoms with Gasteiger partial charge in [0.05, 0.1) is 10.7 Å². The minimum absolute atomic E-state index is 0.475. The Hall–Kier alpha value is -0.690. The minimum atomic E-state index is 0.475. The molecule has 2 heteroatoms. The van der Waals surface area contributed by atoms with Gasteiger partial charge in [-0.15, -0.1) is 0 Å². The van der Waals surface area contributed by atoms with Crippen LogP contribution in [0.4, 0.5) is 5.69 Å². The molecule has 1 aromatic rings. The Morgan fingerprint density at radius 1 is 1.19 bits per heavy atom. The molecule has 0 spiro atoms. The Morgan fingerprint density at radius 2 is 1.88 bits per heavy atom. The molecule has 0 saturated carbocycles. The summed E-state index contributed by atoms with van der Waals surface area (Å²) in [6, 6.07) is 6.62. The highest BCUT2D eigenvalue weighted by atomic mass is 35.5. The van der Waals surface area contributed by atoms with Crippen molar-refractivity contribution in [3.63, 3.8) is 0 Å². The smallest absolute Gasteiger partial charge is 0.0640 e. The van der Waals surface area contributed by atoms with Gasteiger partial charge in [-0.05, 0) is 50.3 Å². The molecule has 1 aromatic carbocycles. The summed E-state index contributed by atoms with van der Waals surface area (Å²) in [5.74, 6) is 0.762. The first kappa shape index (κ1) is 13.4. The van der Waals surface area contributed by atoms with Gasteiger partial charge in [-0.25, -0.2) is 0 Å². The largest absolute Gasteiger partial charge is 0.381 e. The van der Waals surface area contributed by atoms with E-state index in [1.807, 2.05) is 6.07 Å². The van der Waals surface area contributed by atoms with Crippen molar-refractivity contribution < 1.29 is 0 Å². The number of rotatable bonds is 5. The van der Waals surface area contributed by atoms with E-state index in [4.69, 9.17) is 11.6 Å². The average molecular weight is 240 g/mol. The summed E-state index contributed by atoms with van der Waals surface area (Å²) in [6.07, 6.45) is 2.43. The molecule has 0 aliphatic carbocycles. The monoisotopic (exact) mass is 239 g/mol. The number of nitrogens with one attached hydrogen (secondary N) is 1. The van der Waals surface area contributed by atoms with Crippen LogP contribution in [0.15, 0.2) is 18.2 Å². The Kier molecular flexibility index (Phi) is 5.14. The first-order valence-corrected chi connectivity index (χ1v) is 6.39. The van der Waals surface area contributed by atoms with E-state index in [1.54, 1.807) is 0 Å². The van der Waals surface area contributed by atoms with Crippen LogP contribution in [0.5, 0.6) is 0 Å². The van der Waals surface area contributed by atoms with Crippen LogP contribution in [0.1, 0.15) is 39.2 Å². The number of benzene rings is 1. The Morgan fingerprint density at radius 3 is 2.44 bits per heavy atom. The van der Waals surface area contributed by atoms with E-state index in [9.17, 15) is 0 Å². The van der Waals surface area contributed by atoms with E-state index in [2.05, 4.69) is 45.1 Å². The summed E-state index contributed by atoms with van der Waals surface area (Å²) in [6.45, 7) is 8.77. The molecular formula is C14H22ClN. The normalized spacial score (nSPS) is 12.9. The fraction of sp³-hybridized carbons (Fsp3) is 0.571. The molecule has 0 aromatic heterocycles. The van der Waals surface area contributed by atoms with Crippen molar-refractivity contribution in [3.05, 3.63) is 28.8 Å². The molecule has 0 aliphatic heterocycles. The number of anilines is 1. The van der Waals surface area contributed by atoms with E-state index >= 15 is 0 Å². The summed E-state index contributed by atoms with van der Waals surface area (Å²) >= 11 is 6.17. The van der Waals surface area contributed by atoms with E-state index in [1.165, 1.54) is 18.4 Å². The number of halogens is 1. The molecule has 1 N–H and O–H groups in total. The predicted octanol–water partition coefficient (Wildman–Crippen LogP) is 4.89. The van der Waals surface area contributed by atoms with Crippen LogP contribution in [0.3, 0.4) is 0 Å². The van der Waals surface area contributed by atoms with Crippen molar-refractivity contribution >= 4 is 17.3 Å². The van der Waals surface area contributed by atoms with E-state index in [-0.39, 0.29) is 0 Å². The van der Waals surface area contributed by atoms with Crippen LogP contribution in [0, 0.1) is 12.8 Å². The Balaban J connectivity index is 2.52. The van der Waals surface area contributed by atoms with Crippen molar-refractivity contribution in [3.8, 4) is 0 Å². The maximum atomic E-state index is 6.17. The lowest BCUT2D eigenvalue weighted by Crippen LogP contribution is -2.16. The molecule has 0 fully saturated rings. The third-order valence-corrected chi connectivity index (χ3v) is 3.02. The maximum absolute atomic E-state index is 6.17. The molecule has 0 bridgehead atoms. The zero-order valence-electron chi connectivity index (χ0n) is 10.7. The van der Waals surface area contributed by atoms with Crippen LogP contribution < -0.4 is 5.32 Å². The molecule has 0 amide bonds. The quantitative estimate of drug-likeness (QED) is 0.772. The summed E-state index contributed by atoms with van der Waals surface area (Å²) in [4.78, 5) is 0. The Bertz CT molecular complexity index is 334. The van der Waals surface area contributed by atoms with Crippen molar-refractivity contribution in [1.29, 1.82) is 0 Å². The van der Waals surface area contributed by atoms with Crippen LogP contribution in [0.2, 0.25) is 5.02 Å². The van der Waals surface area contributed by atoms with Crippen molar-refractivity contribution in [2.45, 2.75) is 46.6 Å². The fourth-order valence-electron chi connectivity index (χ4n) is 1.66. The first-order chi connectivity index (χ1) is 7.49. The van der Waals surface area contributed by atoms with Crippen molar-refractivity contribution in [2.75, 3.05) is 5.32 Å². The van der Waals surface area contributed by atoms with Crippen LogP contribution >= 0.6 is 11.6 Å². The third kappa shape index (κ3) is 4.44.